The maximum Gasteiger partial charge on any atom is 0.337 e. The highest BCUT2D eigenvalue weighted by atomic mass is 16.4. The summed E-state index contributed by atoms with van der Waals surface area (Å²) in [5, 5.41) is 22.5. The zero-order valence-corrected chi connectivity index (χ0v) is 9.69. The average Bonchev–Trinajstić information content (AvgIpc) is 2.29. The number of carbonyl (C=O) groups is 2. The predicted octanol–water partition coefficient (Wildman–Crippen LogP) is 1.44. The van der Waals surface area contributed by atoms with Crippen LogP contribution < -0.4 is 10.4 Å². The zero-order chi connectivity index (χ0) is 13.0. The molecule has 0 aliphatic rings. The van der Waals surface area contributed by atoms with E-state index in [9.17, 15) is 14.7 Å². The van der Waals surface area contributed by atoms with Gasteiger partial charge in [-0.15, -0.1) is 5.75 Å². The Bertz CT molecular complexity index is 442. The molecule has 0 aliphatic heterocycles. The third kappa shape index (κ3) is 3.21. The summed E-state index contributed by atoms with van der Waals surface area (Å²) in [5.41, 5.74) is -0.0310. The van der Waals surface area contributed by atoms with Gasteiger partial charge in [0.05, 0.1) is 11.3 Å². The van der Waals surface area contributed by atoms with E-state index in [1.807, 2.05) is 6.92 Å². The molecule has 0 heterocycles. The van der Waals surface area contributed by atoms with E-state index in [1.54, 1.807) is 6.92 Å². The van der Waals surface area contributed by atoms with Gasteiger partial charge in [0, 0.05) is 5.92 Å². The van der Waals surface area contributed by atoms with Crippen molar-refractivity contribution in [2.75, 3.05) is 5.32 Å². The van der Waals surface area contributed by atoms with Gasteiger partial charge in [-0.25, -0.2) is 4.79 Å². The second-order valence-corrected chi connectivity index (χ2v) is 3.81. The van der Waals surface area contributed by atoms with Crippen molar-refractivity contribution in [2.24, 2.45) is 5.92 Å². The van der Waals surface area contributed by atoms with Crippen molar-refractivity contribution in [2.45, 2.75) is 20.3 Å². The first-order valence-electron chi connectivity index (χ1n) is 5.31. The first-order chi connectivity index (χ1) is 7.95. The Balaban J connectivity index is 2.98. The van der Waals surface area contributed by atoms with Crippen molar-refractivity contribution in [3.8, 4) is 5.75 Å². The fraction of sp³-hybridized carbons (Fsp3) is 0.333. The van der Waals surface area contributed by atoms with Crippen molar-refractivity contribution < 1.29 is 19.8 Å². The van der Waals surface area contributed by atoms with Gasteiger partial charge in [0.1, 0.15) is 0 Å². The van der Waals surface area contributed by atoms with Crippen LogP contribution in [-0.4, -0.2) is 17.0 Å². The fourth-order valence-electron chi connectivity index (χ4n) is 1.25. The van der Waals surface area contributed by atoms with E-state index in [0.717, 1.165) is 6.07 Å². The minimum atomic E-state index is -1.23. The van der Waals surface area contributed by atoms with Crippen LogP contribution in [0.3, 0.4) is 0 Å². The highest BCUT2D eigenvalue weighted by Crippen LogP contribution is 2.20. The third-order valence-corrected chi connectivity index (χ3v) is 2.54. The summed E-state index contributed by atoms with van der Waals surface area (Å²) in [6.45, 7) is 3.61. The van der Waals surface area contributed by atoms with Crippen LogP contribution in [0.2, 0.25) is 0 Å². The van der Waals surface area contributed by atoms with Crippen molar-refractivity contribution in [1.82, 2.24) is 0 Å². The van der Waals surface area contributed by atoms with Crippen molar-refractivity contribution in [1.29, 1.82) is 0 Å². The lowest BCUT2D eigenvalue weighted by Crippen LogP contribution is -2.21. The van der Waals surface area contributed by atoms with E-state index in [2.05, 4.69) is 5.32 Å². The van der Waals surface area contributed by atoms with E-state index >= 15 is 0 Å². The topological polar surface area (TPSA) is 89.5 Å². The van der Waals surface area contributed by atoms with Gasteiger partial charge >= 0.3 is 5.97 Å². The van der Waals surface area contributed by atoms with E-state index in [1.165, 1.54) is 12.1 Å². The number of benzene rings is 1. The minimum absolute atomic E-state index is 0.155. The van der Waals surface area contributed by atoms with Gasteiger partial charge in [0.25, 0.3) is 0 Å². The largest absolute Gasteiger partial charge is 0.872 e. The maximum atomic E-state index is 11.6. The fourth-order valence-corrected chi connectivity index (χ4v) is 1.25. The van der Waals surface area contributed by atoms with Gasteiger partial charge in [0.2, 0.25) is 5.91 Å². The molecule has 5 nitrogen and oxygen atoms in total. The Morgan fingerprint density at radius 3 is 2.65 bits per heavy atom. The number of carboxylic acid groups (broad SMARTS) is 1. The summed E-state index contributed by atoms with van der Waals surface area (Å²) in [4.78, 5) is 22.5. The van der Waals surface area contributed by atoms with Gasteiger partial charge in [0.15, 0.2) is 0 Å². The molecule has 1 rings (SSSR count). The van der Waals surface area contributed by atoms with Crippen LogP contribution >= 0.6 is 0 Å². The summed E-state index contributed by atoms with van der Waals surface area (Å²) in [7, 11) is 0. The van der Waals surface area contributed by atoms with Crippen molar-refractivity contribution in [3.05, 3.63) is 23.8 Å². The molecule has 0 saturated carbocycles. The standard InChI is InChI=1S/C12H15NO4/c1-3-7(2)11(15)13-10-5-4-8(14)6-9(10)12(16)17/h4-7,14H,3H2,1-2H3,(H,13,15)(H,16,17)/p-1/t7-/m0/s1. The number of nitrogens with one attached hydrogen (secondary N) is 1. The van der Waals surface area contributed by atoms with E-state index in [0.29, 0.717) is 6.42 Å². The third-order valence-electron chi connectivity index (χ3n) is 2.54. The van der Waals surface area contributed by atoms with Gasteiger partial charge in [-0.05, 0) is 12.5 Å². The lowest BCUT2D eigenvalue weighted by atomic mass is 10.1. The van der Waals surface area contributed by atoms with Crippen LogP contribution in [0.25, 0.3) is 0 Å². The highest BCUT2D eigenvalue weighted by Gasteiger charge is 2.15. The Kier molecular flexibility index (Phi) is 4.09. The van der Waals surface area contributed by atoms with Crippen LogP contribution in [0.5, 0.6) is 5.75 Å². The normalized spacial score (nSPS) is 11.9. The highest BCUT2D eigenvalue weighted by molar-refractivity contribution is 6.01. The second-order valence-electron chi connectivity index (χ2n) is 3.81. The number of amides is 1. The summed E-state index contributed by atoms with van der Waals surface area (Å²) < 4.78 is 0. The molecule has 2 N–H and O–H groups in total. The molecule has 0 radical (unpaired) electrons. The maximum absolute atomic E-state index is 11.6. The Morgan fingerprint density at radius 1 is 1.47 bits per heavy atom. The van der Waals surface area contributed by atoms with Crippen molar-refractivity contribution >= 4 is 17.6 Å². The Hall–Kier alpha value is -2.04. The molecule has 0 saturated heterocycles. The number of hydrogen-bond acceptors (Lipinski definition) is 3. The summed E-state index contributed by atoms with van der Waals surface area (Å²) >= 11 is 0. The molecule has 0 fully saturated rings. The first-order valence-corrected chi connectivity index (χ1v) is 5.31. The van der Waals surface area contributed by atoms with Gasteiger partial charge in [-0.1, -0.05) is 26.0 Å². The number of rotatable bonds is 4. The van der Waals surface area contributed by atoms with Crippen LogP contribution in [0.15, 0.2) is 18.2 Å². The number of carboxylic acids is 1. The molecule has 1 aromatic rings. The molecule has 1 atom stereocenters. The molecule has 0 spiro atoms. The molecule has 0 aliphatic carbocycles. The Labute approximate surface area is 99.1 Å². The molecular weight excluding hydrogens is 222 g/mol. The van der Waals surface area contributed by atoms with Crippen LogP contribution in [0, 0.1) is 5.92 Å². The van der Waals surface area contributed by atoms with E-state index < -0.39 is 11.7 Å². The zero-order valence-electron chi connectivity index (χ0n) is 9.69. The summed E-state index contributed by atoms with van der Waals surface area (Å²) in [6, 6.07) is 3.53. The first kappa shape index (κ1) is 13.0. The van der Waals surface area contributed by atoms with Crippen LogP contribution in [0.4, 0.5) is 5.69 Å². The average molecular weight is 236 g/mol. The molecule has 0 bridgehead atoms. The Morgan fingerprint density at radius 2 is 2.12 bits per heavy atom. The van der Waals surface area contributed by atoms with Crippen LogP contribution in [-0.2, 0) is 4.79 Å². The second kappa shape index (κ2) is 5.34. The smallest absolute Gasteiger partial charge is 0.337 e. The molecular formula is C12H14NO4-. The van der Waals surface area contributed by atoms with Crippen molar-refractivity contribution in [3.63, 3.8) is 0 Å². The van der Waals surface area contributed by atoms with Gasteiger partial charge in [-0.3, -0.25) is 4.79 Å². The van der Waals surface area contributed by atoms with Gasteiger partial charge in [-0.2, -0.15) is 0 Å². The quantitative estimate of drug-likeness (QED) is 0.827. The number of hydrogen-bond donors (Lipinski definition) is 2. The summed E-state index contributed by atoms with van der Waals surface area (Å²) in [5.74, 6) is -2.09. The van der Waals surface area contributed by atoms with Gasteiger partial charge < -0.3 is 15.5 Å². The molecule has 5 heteroatoms. The number of carbonyl (C=O) groups excluding carboxylic acids is 1. The van der Waals surface area contributed by atoms with Crippen LogP contribution in [0.1, 0.15) is 30.6 Å². The predicted molar refractivity (Wildman–Crippen MR) is 60.9 cm³/mol. The summed E-state index contributed by atoms with van der Waals surface area (Å²) in [6.07, 6.45) is 0.661. The molecule has 0 unspecified atom stereocenters. The molecule has 1 aromatic carbocycles. The monoisotopic (exact) mass is 236 g/mol. The molecule has 1 amide bonds. The number of aromatic carboxylic acids is 1. The minimum Gasteiger partial charge on any atom is -0.872 e. The molecule has 17 heavy (non-hydrogen) atoms. The van der Waals surface area contributed by atoms with E-state index in [-0.39, 0.29) is 23.1 Å². The SMILES string of the molecule is CC[C@H](C)C(=O)Nc1ccc([O-])cc1C(=O)O. The lowest BCUT2D eigenvalue weighted by molar-refractivity contribution is -0.268. The molecule has 92 valence electrons. The van der Waals surface area contributed by atoms with E-state index in [4.69, 9.17) is 5.11 Å². The number of anilines is 1. The lowest BCUT2D eigenvalue weighted by Gasteiger charge is -2.14. The molecule has 0 aromatic heterocycles.